The first-order valence-corrected chi connectivity index (χ1v) is 8.73. The van der Waals surface area contributed by atoms with E-state index in [1.165, 1.54) is 0 Å². The van der Waals surface area contributed by atoms with Gasteiger partial charge in [0, 0.05) is 11.5 Å². The number of methoxy groups -OCH3 is 2. The Bertz CT molecular complexity index is 990. The predicted octanol–water partition coefficient (Wildman–Crippen LogP) is 2.97. The van der Waals surface area contributed by atoms with Gasteiger partial charge >= 0.3 is 5.97 Å². The molecule has 138 valence electrons. The molecular formula is C21H18O6. The van der Waals surface area contributed by atoms with Gasteiger partial charge in [-0.1, -0.05) is 12.1 Å². The van der Waals surface area contributed by atoms with E-state index in [1.54, 1.807) is 14.2 Å². The van der Waals surface area contributed by atoms with E-state index >= 15 is 0 Å². The van der Waals surface area contributed by atoms with E-state index in [-0.39, 0.29) is 18.7 Å². The van der Waals surface area contributed by atoms with Crippen molar-refractivity contribution in [3.05, 3.63) is 58.2 Å². The third-order valence-corrected chi connectivity index (χ3v) is 5.36. The highest BCUT2D eigenvalue weighted by Gasteiger charge is 2.40. The molecule has 2 aliphatic heterocycles. The van der Waals surface area contributed by atoms with Crippen molar-refractivity contribution in [3.8, 4) is 23.0 Å². The van der Waals surface area contributed by atoms with E-state index in [2.05, 4.69) is 0 Å². The van der Waals surface area contributed by atoms with Crippen molar-refractivity contribution in [1.82, 2.24) is 0 Å². The first kappa shape index (κ1) is 16.1. The maximum absolute atomic E-state index is 12.6. The van der Waals surface area contributed by atoms with E-state index in [0.717, 1.165) is 22.3 Å². The lowest BCUT2D eigenvalue weighted by Gasteiger charge is -2.29. The summed E-state index contributed by atoms with van der Waals surface area (Å²) in [5.74, 6) is 2.08. The number of cyclic esters (lactones) is 1. The van der Waals surface area contributed by atoms with Crippen molar-refractivity contribution in [3.63, 3.8) is 0 Å². The third kappa shape index (κ3) is 2.29. The fraction of sp³-hybridized carbons (Fsp3) is 0.286. The molecule has 1 atom stereocenters. The normalized spacial score (nSPS) is 19.5. The zero-order valence-electron chi connectivity index (χ0n) is 15.0. The second kappa shape index (κ2) is 5.94. The van der Waals surface area contributed by atoms with Crippen LogP contribution >= 0.6 is 0 Å². The smallest absolute Gasteiger partial charge is 0.335 e. The largest absolute Gasteiger partial charge is 0.493 e. The number of esters is 1. The predicted molar refractivity (Wildman–Crippen MR) is 95.6 cm³/mol. The Kier molecular flexibility index (Phi) is 3.53. The summed E-state index contributed by atoms with van der Waals surface area (Å²) in [6.45, 7) is 0.538. The average Bonchev–Trinajstić information content (AvgIpc) is 3.31. The van der Waals surface area contributed by atoms with Crippen LogP contribution in [0.4, 0.5) is 0 Å². The molecule has 3 aliphatic rings. The number of hydrogen-bond acceptors (Lipinski definition) is 6. The quantitative estimate of drug-likeness (QED) is 0.779. The number of benzene rings is 2. The van der Waals surface area contributed by atoms with E-state index < -0.39 is 0 Å². The molecule has 0 amide bonds. The number of fused-ring (bicyclic) bond motifs is 2. The van der Waals surface area contributed by atoms with Crippen LogP contribution < -0.4 is 18.9 Å². The van der Waals surface area contributed by atoms with Gasteiger partial charge in [0.15, 0.2) is 23.0 Å². The van der Waals surface area contributed by atoms with E-state index in [0.29, 0.717) is 41.6 Å². The Labute approximate surface area is 156 Å². The zero-order valence-corrected chi connectivity index (χ0v) is 15.0. The maximum Gasteiger partial charge on any atom is 0.335 e. The van der Waals surface area contributed by atoms with Crippen molar-refractivity contribution in [1.29, 1.82) is 0 Å². The van der Waals surface area contributed by atoms with Crippen molar-refractivity contribution < 1.29 is 28.5 Å². The Morgan fingerprint density at radius 2 is 1.85 bits per heavy atom. The lowest BCUT2D eigenvalue weighted by molar-refractivity contribution is -0.136. The third-order valence-electron chi connectivity index (χ3n) is 5.36. The molecule has 6 nitrogen and oxygen atoms in total. The maximum atomic E-state index is 12.6. The molecule has 0 saturated carbocycles. The van der Waals surface area contributed by atoms with Crippen LogP contribution in [0.5, 0.6) is 23.0 Å². The molecular weight excluding hydrogens is 348 g/mol. The fourth-order valence-electron chi connectivity index (χ4n) is 4.18. The molecule has 0 unspecified atom stereocenters. The molecule has 5 rings (SSSR count). The summed E-state index contributed by atoms with van der Waals surface area (Å²) in [7, 11) is 3.23. The molecule has 0 aromatic heterocycles. The minimum atomic E-state index is -0.307. The Balaban J connectivity index is 1.76. The standard InChI is InChI=1S/C21H18O6/c1-23-15-6-4-11-7-13-9-25-21(22)19(13)17(18(11)20(15)24-2)12-3-5-14-16(8-12)27-10-26-14/h3-6,8,17H,7,9-10H2,1-2H3/t17-/m1/s1. The van der Waals surface area contributed by atoms with E-state index in [4.69, 9.17) is 23.7 Å². The summed E-state index contributed by atoms with van der Waals surface area (Å²) in [6, 6.07) is 9.69. The second-order valence-corrected chi connectivity index (χ2v) is 6.69. The lowest BCUT2D eigenvalue weighted by Crippen LogP contribution is -2.19. The first-order chi connectivity index (χ1) is 13.2. The van der Waals surface area contributed by atoms with Gasteiger partial charge in [-0.25, -0.2) is 4.79 Å². The topological polar surface area (TPSA) is 63.2 Å². The number of rotatable bonds is 3. The second-order valence-electron chi connectivity index (χ2n) is 6.69. The number of carbonyl (C=O) groups excluding carboxylic acids is 1. The number of ether oxygens (including phenoxy) is 5. The minimum absolute atomic E-state index is 0.202. The Morgan fingerprint density at radius 1 is 1.00 bits per heavy atom. The molecule has 0 N–H and O–H groups in total. The monoisotopic (exact) mass is 366 g/mol. The highest BCUT2D eigenvalue weighted by Crippen LogP contribution is 2.51. The van der Waals surface area contributed by atoms with Gasteiger partial charge < -0.3 is 23.7 Å². The summed E-state index contributed by atoms with van der Waals surface area (Å²) < 4.78 is 27.5. The van der Waals surface area contributed by atoms with Gasteiger partial charge in [-0.15, -0.1) is 0 Å². The Hall–Kier alpha value is -3.15. The SMILES string of the molecule is COc1ccc2c(c1OC)[C@@H](c1ccc3c(c1)OCO3)C1=C(COC1=O)C2. The van der Waals surface area contributed by atoms with Gasteiger partial charge in [0.1, 0.15) is 6.61 Å². The first-order valence-electron chi connectivity index (χ1n) is 8.73. The van der Waals surface area contributed by atoms with Crippen LogP contribution in [0, 0.1) is 0 Å². The van der Waals surface area contributed by atoms with Crippen LogP contribution in [0.3, 0.4) is 0 Å². The summed E-state index contributed by atoms with van der Waals surface area (Å²) in [6.07, 6.45) is 0.664. The van der Waals surface area contributed by atoms with Gasteiger partial charge in [-0.2, -0.15) is 0 Å². The molecule has 2 aromatic carbocycles. The highest BCUT2D eigenvalue weighted by molar-refractivity contribution is 5.96. The van der Waals surface area contributed by atoms with Crippen molar-refractivity contribution >= 4 is 5.97 Å². The van der Waals surface area contributed by atoms with Crippen LogP contribution in [-0.4, -0.2) is 33.6 Å². The molecule has 0 spiro atoms. The molecule has 2 heterocycles. The lowest BCUT2D eigenvalue weighted by atomic mass is 9.75. The van der Waals surface area contributed by atoms with Gasteiger partial charge in [0.25, 0.3) is 0 Å². The summed E-state index contributed by atoms with van der Waals surface area (Å²) >= 11 is 0. The van der Waals surface area contributed by atoms with Crippen LogP contribution in [0.25, 0.3) is 0 Å². The van der Waals surface area contributed by atoms with Crippen LogP contribution in [0.2, 0.25) is 0 Å². The molecule has 0 saturated heterocycles. The van der Waals surface area contributed by atoms with Gasteiger partial charge in [-0.05, 0) is 41.3 Å². The molecule has 1 aliphatic carbocycles. The average molecular weight is 366 g/mol. The van der Waals surface area contributed by atoms with Gasteiger partial charge in [0.2, 0.25) is 6.79 Å². The number of carbonyl (C=O) groups is 1. The Morgan fingerprint density at radius 3 is 2.67 bits per heavy atom. The van der Waals surface area contributed by atoms with Crippen LogP contribution in [0.15, 0.2) is 41.5 Å². The molecule has 0 radical (unpaired) electrons. The van der Waals surface area contributed by atoms with Crippen molar-refractivity contribution in [2.75, 3.05) is 27.6 Å². The summed E-state index contributed by atoms with van der Waals surface area (Å²) in [5, 5.41) is 0. The summed E-state index contributed by atoms with van der Waals surface area (Å²) in [5.41, 5.74) is 4.68. The minimum Gasteiger partial charge on any atom is -0.493 e. The van der Waals surface area contributed by atoms with E-state index in [9.17, 15) is 4.79 Å². The van der Waals surface area contributed by atoms with Crippen LogP contribution in [0.1, 0.15) is 22.6 Å². The van der Waals surface area contributed by atoms with Crippen molar-refractivity contribution in [2.45, 2.75) is 12.3 Å². The molecule has 6 heteroatoms. The van der Waals surface area contributed by atoms with Crippen LogP contribution in [-0.2, 0) is 16.0 Å². The van der Waals surface area contributed by atoms with Gasteiger partial charge in [-0.3, -0.25) is 0 Å². The highest BCUT2D eigenvalue weighted by atomic mass is 16.7. The van der Waals surface area contributed by atoms with E-state index in [1.807, 2.05) is 30.3 Å². The summed E-state index contributed by atoms with van der Waals surface area (Å²) in [4.78, 5) is 12.6. The number of hydrogen-bond donors (Lipinski definition) is 0. The van der Waals surface area contributed by atoms with Gasteiger partial charge in [0.05, 0.1) is 19.8 Å². The molecule has 27 heavy (non-hydrogen) atoms. The molecule has 0 bridgehead atoms. The molecule has 0 fully saturated rings. The molecule has 2 aromatic rings. The van der Waals surface area contributed by atoms with Crippen molar-refractivity contribution in [2.24, 2.45) is 0 Å². The zero-order chi connectivity index (χ0) is 18.5. The fourth-order valence-corrected chi connectivity index (χ4v) is 4.18.